The van der Waals surface area contributed by atoms with Crippen molar-refractivity contribution in [1.82, 2.24) is 25.3 Å². The molecule has 0 radical (unpaired) electrons. The van der Waals surface area contributed by atoms with E-state index in [1.807, 2.05) is 12.4 Å². The summed E-state index contributed by atoms with van der Waals surface area (Å²) in [6.07, 6.45) is 1.71. The summed E-state index contributed by atoms with van der Waals surface area (Å²) in [4.78, 5) is 13.6. The van der Waals surface area contributed by atoms with E-state index in [0.29, 0.717) is 13.1 Å². The Kier molecular flexibility index (Phi) is 2.93. The van der Waals surface area contributed by atoms with Crippen LogP contribution in [0, 0.1) is 0 Å². The number of aryl methyl sites for hydroxylation is 1. The van der Waals surface area contributed by atoms with Crippen molar-refractivity contribution in [2.75, 3.05) is 0 Å². The summed E-state index contributed by atoms with van der Waals surface area (Å²) in [5, 5.41) is 12.6. The van der Waals surface area contributed by atoms with E-state index in [1.54, 1.807) is 10.9 Å². The van der Waals surface area contributed by atoms with Gasteiger partial charge in [0.15, 0.2) is 0 Å². The van der Waals surface area contributed by atoms with Crippen LogP contribution in [0.25, 0.3) is 0 Å². The van der Waals surface area contributed by atoms with Crippen LogP contribution in [0.3, 0.4) is 0 Å². The van der Waals surface area contributed by atoms with Crippen LogP contribution in [0.5, 0.6) is 0 Å². The summed E-state index contributed by atoms with van der Waals surface area (Å²) in [6.45, 7) is 1.32. The minimum absolute atomic E-state index is 0.0194. The highest BCUT2D eigenvalue weighted by atomic mass is 32.1. The molecular formula is C8H11N5OS. The fourth-order valence-electron chi connectivity index (χ4n) is 1.20. The lowest BCUT2D eigenvalue weighted by Crippen LogP contribution is -2.16. The van der Waals surface area contributed by atoms with Gasteiger partial charge >= 0.3 is 4.87 Å². The molecule has 0 aliphatic carbocycles. The van der Waals surface area contributed by atoms with Crippen molar-refractivity contribution < 1.29 is 0 Å². The topological polar surface area (TPSA) is 75.6 Å². The van der Waals surface area contributed by atoms with Gasteiger partial charge in [0.2, 0.25) is 0 Å². The standard InChI is InChI=1S/C8H11N5OS/c1-13-7(4-10-12-13)3-9-2-6-5-15-8(14)11-6/h4-5,9H,2-3H2,1H3,(H,11,14). The van der Waals surface area contributed by atoms with Gasteiger partial charge in [-0.25, -0.2) is 0 Å². The highest BCUT2D eigenvalue weighted by molar-refractivity contribution is 7.07. The summed E-state index contributed by atoms with van der Waals surface area (Å²) in [6, 6.07) is 0. The maximum atomic E-state index is 10.8. The first-order chi connectivity index (χ1) is 7.25. The summed E-state index contributed by atoms with van der Waals surface area (Å²) in [5.41, 5.74) is 1.91. The van der Waals surface area contributed by atoms with Crippen molar-refractivity contribution in [3.63, 3.8) is 0 Å². The van der Waals surface area contributed by atoms with E-state index in [9.17, 15) is 4.79 Å². The number of H-pyrrole nitrogens is 1. The van der Waals surface area contributed by atoms with Gasteiger partial charge in [0.05, 0.1) is 11.9 Å². The lowest BCUT2D eigenvalue weighted by molar-refractivity contribution is 0.612. The number of rotatable bonds is 4. The molecule has 0 aromatic carbocycles. The monoisotopic (exact) mass is 225 g/mol. The van der Waals surface area contributed by atoms with Crippen LogP contribution in [0.4, 0.5) is 0 Å². The highest BCUT2D eigenvalue weighted by Gasteiger charge is 2.00. The van der Waals surface area contributed by atoms with Gasteiger partial charge < -0.3 is 10.3 Å². The second-order valence-electron chi connectivity index (χ2n) is 3.13. The SMILES string of the molecule is Cn1nncc1CNCc1csc(=O)[nH]1. The largest absolute Gasteiger partial charge is 0.315 e. The predicted molar refractivity (Wildman–Crippen MR) is 56.5 cm³/mol. The third-order valence-electron chi connectivity index (χ3n) is 2.00. The lowest BCUT2D eigenvalue weighted by atomic mass is 10.4. The first-order valence-electron chi connectivity index (χ1n) is 4.46. The smallest absolute Gasteiger partial charge is 0.304 e. The van der Waals surface area contributed by atoms with Crippen molar-refractivity contribution in [2.45, 2.75) is 13.1 Å². The Morgan fingerprint density at radius 1 is 1.60 bits per heavy atom. The van der Waals surface area contributed by atoms with Crippen LogP contribution in [0.15, 0.2) is 16.4 Å². The lowest BCUT2D eigenvalue weighted by Gasteiger charge is -2.01. The van der Waals surface area contributed by atoms with Crippen molar-refractivity contribution in [2.24, 2.45) is 7.05 Å². The van der Waals surface area contributed by atoms with Crippen molar-refractivity contribution in [1.29, 1.82) is 0 Å². The average molecular weight is 225 g/mol. The predicted octanol–water partition coefficient (Wildman–Crippen LogP) is -0.145. The third kappa shape index (κ3) is 2.51. The van der Waals surface area contributed by atoms with Crippen LogP contribution < -0.4 is 10.2 Å². The van der Waals surface area contributed by atoms with Gasteiger partial charge in [-0.3, -0.25) is 9.48 Å². The molecule has 0 aliphatic rings. The molecule has 2 heterocycles. The number of aromatic nitrogens is 4. The average Bonchev–Trinajstić information content (AvgIpc) is 2.77. The molecule has 2 rings (SSSR count). The van der Waals surface area contributed by atoms with Gasteiger partial charge in [-0.1, -0.05) is 16.6 Å². The van der Waals surface area contributed by atoms with Crippen molar-refractivity contribution in [3.05, 3.63) is 32.6 Å². The Balaban J connectivity index is 1.85. The Morgan fingerprint density at radius 2 is 2.47 bits per heavy atom. The number of aromatic amines is 1. The van der Waals surface area contributed by atoms with Gasteiger partial charge in [-0.2, -0.15) is 0 Å². The maximum Gasteiger partial charge on any atom is 0.304 e. The summed E-state index contributed by atoms with van der Waals surface area (Å²) >= 11 is 1.17. The van der Waals surface area contributed by atoms with E-state index in [0.717, 1.165) is 11.4 Å². The van der Waals surface area contributed by atoms with Crippen LogP contribution in [-0.2, 0) is 20.1 Å². The molecule has 2 aromatic rings. The molecule has 0 atom stereocenters. The zero-order valence-electron chi connectivity index (χ0n) is 8.23. The number of thiazole rings is 1. The summed E-state index contributed by atoms with van der Waals surface area (Å²) in [5.74, 6) is 0. The van der Waals surface area contributed by atoms with Gasteiger partial charge in [0.25, 0.3) is 0 Å². The number of hydrogen-bond donors (Lipinski definition) is 2. The van der Waals surface area contributed by atoms with Gasteiger partial charge in [0.1, 0.15) is 0 Å². The van der Waals surface area contributed by atoms with Gasteiger partial charge in [0, 0.05) is 31.2 Å². The molecule has 7 heteroatoms. The molecule has 80 valence electrons. The molecule has 0 unspecified atom stereocenters. The molecule has 2 N–H and O–H groups in total. The Bertz CT molecular complexity index is 485. The second-order valence-corrected chi connectivity index (χ2v) is 3.97. The fraction of sp³-hybridized carbons (Fsp3) is 0.375. The maximum absolute atomic E-state index is 10.8. The van der Waals surface area contributed by atoms with Gasteiger partial charge in [-0.05, 0) is 0 Å². The zero-order chi connectivity index (χ0) is 10.7. The van der Waals surface area contributed by atoms with E-state index >= 15 is 0 Å². The van der Waals surface area contributed by atoms with Crippen LogP contribution in [0.1, 0.15) is 11.4 Å². The number of nitrogens with zero attached hydrogens (tertiary/aromatic N) is 3. The number of hydrogen-bond acceptors (Lipinski definition) is 5. The van der Waals surface area contributed by atoms with E-state index in [4.69, 9.17) is 0 Å². The van der Waals surface area contributed by atoms with E-state index in [2.05, 4.69) is 20.6 Å². The van der Waals surface area contributed by atoms with Crippen LogP contribution >= 0.6 is 11.3 Å². The Hall–Kier alpha value is -1.47. The summed E-state index contributed by atoms with van der Waals surface area (Å²) in [7, 11) is 1.84. The van der Waals surface area contributed by atoms with Crippen LogP contribution in [0.2, 0.25) is 0 Å². The minimum Gasteiger partial charge on any atom is -0.315 e. The number of nitrogens with one attached hydrogen (secondary N) is 2. The van der Waals surface area contributed by atoms with E-state index < -0.39 is 0 Å². The van der Waals surface area contributed by atoms with E-state index in [1.165, 1.54) is 11.3 Å². The third-order valence-corrected chi connectivity index (χ3v) is 2.72. The molecule has 0 spiro atoms. The second kappa shape index (κ2) is 4.37. The van der Waals surface area contributed by atoms with Gasteiger partial charge in [-0.15, -0.1) is 5.10 Å². The molecule has 0 saturated carbocycles. The molecule has 0 aliphatic heterocycles. The van der Waals surface area contributed by atoms with E-state index in [-0.39, 0.29) is 4.87 Å². The molecule has 0 bridgehead atoms. The molecule has 15 heavy (non-hydrogen) atoms. The van der Waals surface area contributed by atoms with Crippen molar-refractivity contribution in [3.8, 4) is 0 Å². The first kappa shape index (κ1) is 10.1. The molecule has 6 nitrogen and oxygen atoms in total. The molecule has 2 aromatic heterocycles. The molecule has 0 amide bonds. The molecule has 0 fully saturated rings. The van der Waals surface area contributed by atoms with Crippen LogP contribution in [-0.4, -0.2) is 20.0 Å². The minimum atomic E-state index is -0.0194. The Labute approximate surface area is 90.0 Å². The molecular weight excluding hydrogens is 214 g/mol. The highest BCUT2D eigenvalue weighted by Crippen LogP contribution is 1.97. The molecule has 0 saturated heterocycles. The zero-order valence-corrected chi connectivity index (χ0v) is 9.04. The first-order valence-corrected chi connectivity index (χ1v) is 5.34. The summed E-state index contributed by atoms with van der Waals surface area (Å²) < 4.78 is 1.71. The fourth-order valence-corrected chi connectivity index (χ4v) is 1.78. The normalized spacial score (nSPS) is 10.7. The Morgan fingerprint density at radius 3 is 3.07 bits per heavy atom. The quantitative estimate of drug-likeness (QED) is 0.759. The van der Waals surface area contributed by atoms with Crippen molar-refractivity contribution >= 4 is 11.3 Å².